The molecule has 1 aliphatic heterocycles. The summed E-state index contributed by atoms with van der Waals surface area (Å²) in [6.45, 7) is 2.70. The fourth-order valence-corrected chi connectivity index (χ4v) is 2.08. The van der Waals surface area contributed by atoms with Crippen LogP contribution in [0.2, 0.25) is 0 Å². The Balaban J connectivity index is 1.93. The number of hydrogen-bond acceptors (Lipinski definition) is 4. The summed E-state index contributed by atoms with van der Waals surface area (Å²) < 4.78 is 10.5. The molecule has 1 saturated heterocycles. The van der Waals surface area contributed by atoms with E-state index in [4.69, 9.17) is 15.2 Å². The highest BCUT2D eigenvalue weighted by molar-refractivity contribution is 5.72. The quantitative estimate of drug-likeness (QED) is 0.786. The lowest BCUT2D eigenvalue weighted by Gasteiger charge is -2.23. The molecule has 17 heavy (non-hydrogen) atoms. The largest absolute Gasteiger partial charge is 0.495 e. The summed E-state index contributed by atoms with van der Waals surface area (Å²) in [6.07, 6.45) is 2.24. The Morgan fingerprint density at radius 3 is 2.88 bits per heavy atom. The third-order valence-electron chi connectivity index (χ3n) is 3.21. The number of ether oxygens (including phenoxy) is 2. The first-order valence-corrected chi connectivity index (χ1v) is 6.05. The minimum Gasteiger partial charge on any atom is -0.495 e. The first kappa shape index (κ1) is 12.0. The second-order valence-electron chi connectivity index (χ2n) is 4.36. The van der Waals surface area contributed by atoms with Crippen molar-refractivity contribution < 1.29 is 9.47 Å². The molecule has 1 heterocycles. The number of rotatable bonds is 4. The molecule has 4 heteroatoms. The topological polar surface area (TPSA) is 56.5 Å². The van der Waals surface area contributed by atoms with Gasteiger partial charge in [0.15, 0.2) is 0 Å². The van der Waals surface area contributed by atoms with E-state index in [1.54, 1.807) is 7.11 Å². The number of para-hydroxylation sites is 1. The van der Waals surface area contributed by atoms with E-state index in [1.165, 1.54) is 0 Å². The Hall–Kier alpha value is -1.42. The van der Waals surface area contributed by atoms with Crippen LogP contribution in [0.1, 0.15) is 12.8 Å². The Bertz CT molecular complexity index is 362. The molecule has 0 atom stereocenters. The number of nitrogen functional groups attached to an aromatic ring is 1. The second-order valence-corrected chi connectivity index (χ2v) is 4.36. The molecule has 1 aromatic carbocycles. The molecule has 0 aliphatic carbocycles. The van der Waals surface area contributed by atoms with Gasteiger partial charge in [0.05, 0.1) is 18.5 Å². The van der Waals surface area contributed by atoms with Crippen molar-refractivity contribution in [3.8, 4) is 5.75 Å². The number of nitrogens with one attached hydrogen (secondary N) is 1. The summed E-state index contributed by atoms with van der Waals surface area (Å²) in [7, 11) is 1.63. The maximum Gasteiger partial charge on any atom is 0.143 e. The van der Waals surface area contributed by atoms with Crippen molar-refractivity contribution in [1.29, 1.82) is 0 Å². The third kappa shape index (κ3) is 3.03. The maximum atomic E-state index is 6.00. The Morgan fingerprint density at radius 2 is 2.18 bits per heavy atom. The summed E-state index contributed by atoms with van der Waals surface area (Å²) in [6, 6.07) is 5.80. The monoisotopic (exact) mass is 236 g/mol. The molecule has 1 fully saturated rings. The van der Waals surface area contributed by atoms with Gasteiger partial charge in [-0.3, -0.25) is 0 Å². The molecular formula is C13H20N2O2. The van der Waals surface area contributed by atoms with E-state index in [0.29, 0.717) is 11.6 Å². The highest BCUT2D eigenvalue weighted by Gasteiger charge is 2.14. The van der Waals surface area contributed by atoms with Gasteiger partial charge in [0.1, 0.15) is 5.75 Å². The smallest absolute Gasteiger partial charge is 0.143 e. The van der Waals surface area contributed by atoms with Crippen molar-refractivity contribution >= 4 is 11.4 Å². The van der Waals surface area contributed by atoms with E-state index in [-0.39, 0.29) is 0 Å². The zero-order valence-electron chi connectivity index (χ0n) is 10.2. The van der Waals surface area contributed by atoms with E-state index >= 15 is 0 Å². The number of benzene rings is 1. The number of hydrogen-bond donors (Lipinski definition) is 2. The number of anilines is 2. The van der Waals surface area contributed by atoms with Crippen molar-refractivity contribution in [3.05, 3.63) is 18.2 Å². The lowest BCUT2D eigenvalue weighted by atomic mass is 10.0. The summed E-state index contributed by atoms with van der Waals surface area (Å²) in [5.41, 5.74) is 7.63. The predicted molar refractivity (Wildman–Crippen MR) is 69.4 cm³/mol. The van der Waals surface area contributed by atoms with Gasteiger partial charge < -0.3 is 20.5 Å². The summed E-state index contributed by atoms with van der Waals surface area (Å²) in [5.74, 6) is 1.40. The van der Waals surface area contributed by atoms with E-state index in [0.717, 1.165) is 44.0 Å². The molecule has 3 N–H and O–H groups in total. The normalized spacial score (nSPS) is 16.8. The molecule has 0 bridgehead atoms. The Labute approximate surface area is 102 Å². The van der Waals surface area contributed by atoms with E-state index in [1.807, 2.05) is 18.2 Å². The van der Waals surface area contributed by atoms with Gasteiger partial charge in [0.2, 0.25) is 0 Å². The standard InChI is InChI=1S/C13H20N2O2/c1-16-12-4-2-3-11(13(12)14)15-9-10-5-7-17-8-6-10/h2-4,10,15H,5-9,14H2,1H3. The van der Waals surface area contributed by atoms with Gasteiger partial charge in [0.25, 0.3) is 0 Å². The molecule has 94 valence electrons. The summed E-state index contributed by atoms with van der Waals surface area (Å²) in [4.78, 5) is 0. The van der Waals surface area contributed by atoms with Crippen LogP contribution in [0.3, 0.4) is 0 Å². The second kappa shape index (κ2) is 5.77. The zero-order valence-corrected chi connectivity index (χ0v) is 10.2. The molecular weight excluding hydrogens is 216 g/mol. The first-order chi connectivity index (χ1) is 8.31. The van der Waals surface area contributed by atoms with E-state index in [9.17, 15) is 0 Å². The molecule has 2 rings (SSSR count). The van der Waals surface area contributed by atoms with Gasteiger partial charge in [-0.05, 0) is 30.9 Å². The number of nitrogens with two attached hydrogens (primary N) is 1. The molecule has 0 aromatic heterocycles. The van der Waals surface area contributed by atoms with Crippen LogP contribution >= 0.6 is 0 Å². The number of methoxy groups -OCH3 is 1. The molecule has 0 amide bonds. The summed E-state index contributed by atoms with van der Waals surface area (Å²) >= 11 is 0. The molecule has 0 unspecified atom stereocenters. The van der Waals surface area contributed by atoms with Gasteiger partial charge in [-0.1, -0.05) is 6.07 Å². The molecule has 0 spiro atoms. The fraction of sp³-hybridized carbons (Fsp3) is 0.538. The average Bonchev–Trinajstić information content (AvgIpc) is 2.39. The van der Waals surface area contributed by atoms with Gasteiger partial charge in [-0.2, -0.15) is 0 Å². The summed E-state index contributed by atoms with van der Waals surface area (Å²) in [5, 5.41) is 3.40. The Morgan fingerprint density at radius 1 is 1.41 bits per heavy atom. The van der Waals surface area contributed by atoms with Crippen LogP contribution in [0.25, 0.3) is 0 Å². The van der Waals surface area contributed by atoms with Crippen molar-refractivity contribution in [3.63, 3.8) is 0 Å². The fourth-order valence-electron chi connectivity index (χ4n) is 2.08. The molecule has 0 saturated carbocycles. The average molecular weight is 236 g/mol. The van der Waals surface area contributed by atoms with Crippen LogP contribution in [-0.4, -0.2) is 26.9 Å². The highest BCUT2D eigenvalue weighted by atomic mass is 16.5. The minimum atomic E-state index is 0.675. The van der Waals surface area contributed by atoms with Crippen LogP contribution in [0.15, 0.2) is 18.2 Å². The molecule has 1 aromatic rings. The maximum absolute atomic E-state index is 6.00. The van der Waals surface area contributed by atoms with Crippen LogP contribution in [0.5, 0.6) is 5.75 Å². The van der Waals surface area contributed by atoms with Crippen LogP contribution in [0, 0.1) is 5.92 Å². The van der Waals surface area contributed by atoms with Gasteiger partial charge >= 0.3 is 0 Å². The van der Waals surface area contributed by atoms with Crippen molar-refractivity contribution in [2.24, 2.45) is 5.92 Å². The minimum absolute atomic E-state index is 0.675. The lowest BCUT2D eigenvalue weighted by molar-refractivity contribution is 0.0699. The first-order valence-electron chi connectivity index (χ1n) is 6.05. The van der Waals surface area contributed by atoms with Crippen molar-refractivity contribution in [2.45, 2.75) is 12.8 Å². The van der Waals surface area contributed by atoms with Gasteiger partial charge in [-0.25, -0.2) is 0 Å². The Kier molecular flexibility index (Phi) is 4.09. The molecule has 0 radical (unpaired) electrons. The van der Waals surface area contributed by atoms with Gasteiger partial charge in [-0.15, -0.1) is 0 Å². The van der Waals surface area contributed by atoms with Crippen LogP contribution < -0.4 is 15.8 Å². The molecule has 4 nitrogen and oxygen atoms in total. The van der Waals surface area contributed by atoms with Gasteiger partial charge in [0, 0.05) is 19.8 Å². The predicted octanol–water partition coefficient (Wildman–Crippen LogP) is 2.12. The van der Waals surface area contributed by atoms with Crippen LogP contribution in [0.4, 0.5) is 11.4 Å². The molecule has 1 aliphatic rings. The van der Waals surface area contributed by atoms with E-state index in [2.05, 4.69) is 5.32 Å². The van der Waals surface area contributed by atoms with Crippen LogP contribution in [-0.2, 0) is 4.74 Å². The van der Waals surface area contributed by atoms with Crippen molar-refractivity contribution in [2.75, 3.05) is 37.9 Å². The lowest BCUT2D eigenvalue weighted by Crippen LogP contribution is -2.22. The zero-order chi connectivity index (χ0) is 12.1. The third-order valence-corrected chi connectivity index (χ3v) is 3.21. The highest BCUT2D eigenvalue weighted by Crippen LogP contribution is 2.29. The SMILES string of the molecule is COc1cccc(NCC2CCOCC2)c1N. The van der Waals surface area contributed by atoms with Crippen molar-refractivity contribution in [1.82, 2.24) is 0 Å². The van der Waals surface area contributed by atoms with E-state index < -0.39 is 0 Å².